The van der Waals surface area contributed by atoms with Crippen molar-refractivity contribution in [1.29, 1.82) is 0 Å². The molecule has 4 rings (SSSR count). The lowest BCUT2D eigenvalue weighted by Crippen LogP contribution is -2.50. The van der Waals surface area contributed by atoms with E-state index in [9.17, 15) is 19.5 Å². The Morgan fingerprint density at radius 3 is 2.11 bits per heavy atom. The van der Waals surface area contributed by atoms with Crippen LogP contribution < -0.4 is 10.6 Å². The van der Waals surface area contributed by atoms with Crippen molar-refractivity contribution in [2.24, 2.45) is 0 Å². The van der Waals surface area contributed by atoms with Crippen LogP contribution in [0.2, 0.25) is 0 Å². The lowest BCUT2D eigenvalue weighted by Gasteiger charge is -2.22. The van der Waals surface area contributed by atoms with Gasteiger partial charge in [0.25, 0.3) is 0 Å². The number of carbonyl (C=O) groups is 3. The molecule has 1 aliphatic rings. The number of carboxylic acids is 1. The number of nitrogens with zero attached hydrogens (tertiary/aromatic N) is 1. The fourth-order valence-corrected chi connectivity index (χ4v) is 4.50. The molecule has 0 bridgehead atoms. The number of carboxylic acid groups (broad SMARTS) is 1. The van der Waals surface area contributed by atoms with Gasteiger partial charge in [-0.15, -0.1) is 0 Å². The predicted molar refractivity (Wildman–Crippen MR) is 135 cm³/mol. The van der Waals surface area contributed by atoms with Crippen molar-refractivity contribution in [2.45, 2.75) is 18.5 Å². The van der Waals surface area contributed by atoms with Crippen molar-refractivity contribution in [3.63, 3.8) is 0 Å². The van der Waals surface area contributed by atoms with E-state index < -0.39 is 24.0 Å². The van der Waals surface area contributed by atoms with Crippen molar-refractivity contribution in [3.05, 3.63) is 95.6 Å². The molecule has 8 nitrogen and oxygen atoms in total. The van der Waals surface area contributed by atoms with Gasteiger partial charge in [-0.3, -0.25) is 9.69 Å². The highest BCUT2D eigenvalue weighted by molar-refractivity contribution is 5.86. The Bertz CT molecular complexity index is 1190. The second-order valence-corrected chi connectivity index (χ2v) is 8.82. The monoisotopic (exact) mass is 487 g/mol. The number of carbonyl (C=O) groups excluding carboxylic acids is 2. The third kappa shape index (κ3) is 6.09. The van der Waals surface area contributed by atoms with Crippen LogP contribution in [0.25, 0.3) is 11.1 Å². The summed E-state index contributed by atoms with van der Waals surface area (Å²) < 4.78 is 5.42. The number of benzene rings is 3. The summed E-state index contributed by atoms with van der Waals surface area (Å²) in [7, 11) is 1.78. The van der Waals surface area contributed by atoms with Crippen LogP contribution in [0.3, 0.4) is 0 Å². The fourth-order valence-electron chi connectivity index (χ4n) is 4.50. The number of fused-ring (bicyclic) bond motifs is 3. The molecule has 0 fully saturated rings. The Morgan fingerprint density at radius 2 is 1.50 bits per heavy atom. The standard InChI is InChI=1S/C28H29N3O5/c1-31(16-19-9-3-2-4-10-19)17-25(27(33)34)30-26(32)15-29-28(35)36-18-24-22-13-7-5-11-20(22)21-12-6-8-14-23(21)24/h2-14,24-25H,15-18H2,1H3,(H,29,35)(H,30,32)(H,33,34). The summed E-state index contributed by atoms with van der Waals surface area (Å²) >= 11 is 0. The van der Waals surface area contributed by atoms with Crippen molar-refractivity contribution in [1.82, 2.24) is 15.5 Å². The van der Waals surface area contributed by atoms with Crippen LogP contribution >= 0.6 is 0 Å². The molecule has 1 aliphatic carbocycles. The summed E-state index contributed by atoms with van der Waals surface area (Å²) in [4.78, 5) is 38.1. The number of likely N-dealkylation sites (N-methyl/N-ethyl adjacent to an activating group) is 1. The molecular formula is C28H29N3O5. The van der Waals surface area contributed by atoms with E-state index in [1.54, 1.807) is 7.05 Å². The van der Waals surface area contributed by atoms with Crippen LogP contribution in [0.4, 0.5) is 4.79 Å². The van der Waals surface area contributed by atoms with Gasteiger partial charge < -0.3 is 20.5 Å². The lowest BCUT2D eigenvalue weighted by atomic mass is 9.98. The molecule has 1 unspecified atom stereocenters. The molecule has 0 saturated heterocycles. The largest absolute Gasteiger partial charge is 0.480 e. The average Bonchev–Trinajstić information content (AvgIpc) is 3.20. The number of nitrogens with one attached hydrogen (secondary N) is 2. The summed E-state index contributed by atoms with van der Waals surface area (Å²) in [5, 5.41) is 14.4. The van der Waals surface area contributed by atoms with E-state index in [4.69, 9.17) is 4.74 Å². The molecular weight excluding hydrogens is 458 g/mol. The van der Waals surface area contributed by atoms with Crippen molar-refractivity contribution >= 4 is 18.0 Å². The zero-order chi connectivity index (χ0) is 25.5. The van der Waals surface area contributed by atoms with E-state index in [0.717, 1.165) is 27.8 Å². The van der Waals surface area contributed by atoms with Gasteiger partial charge in [0.1, 0.15) is 19.2 Å². The van der Waals surface area contributed by atoms with Crippen LogP contribution in [0.5, 0.6) is 0 Å². The summed E-state index contributed by atoms with van der Waals surface area (Å²) in [5.41, 5.74) is 5.46. The normalized spacial score (nSPS) is 12.9. The fraction of sp³-hybridized carbons (Fsp3) is 0.250. The molecule has 1 atom stereocenters. The molecule has 186 valence electrons. The number of rotatable bonds is 10. The van der Waals surface area contributed by atoms with E-state index in [1.807, 2.05) is 71.6 Å². The molecule has 0 saturated carbocycles. The molecule has 3 N–H and O–H groups in total. The minimum absolute atomic E-state index is 0.0893. The van der Waals surface area contributed by atoms with Gasteiger partial charge in [-0.2, -0.15) is 0 Å². The highest BCUT2D eigenvalue weighted by atomic mass is 16.5. The summed E-state index contributed by atoms with van der Waals surface area (Å²) in [5.74, 6) is -1.85. The number of alkyl carbamates (subject to hydrolysis) is 1. The Kier molecular flexibility index (Phi) is 7.97. The summed E-state index contributed by atoms with van der Waals surface area (Å²) in [6.07, 6.45) is -0.736. The predicted octanol–water partition coefficient (Wildman–Crippen LogP) is 3.23. The maximum atomic E-state index is 12.3. The van der Waals surface area contributed by atoms with Gasteiger partial charge >= 0.3 is 12.1 Å². The smallest absolute Gasteiger partial charge is 0.407 e. The van der Waals surface area contributed by atoms with Gasteiger partial charge in [0.05, 0.1) is 0 Å². The SMILES string of the molecule is CN(Cc1ccccc1)CC(NC(=O)CNC(=O)OCC1c2ccccc2-c2ccccc21)C(=O)O. The number of ether oxygens (including phenoxy) is 1. The van der Waals surface area contributed by atoms with Crippen LogP contribution in [-0.2, 0) is 20.9 Å². The second kappa shape index (κ2) is 11.5. The molecule has 0 spiro atoms. The number of amides is 2. The summed E-state index contributed by atoms with van der Waals surface area (Å²) in [6.45, 7) is 0.395. The van der Waals surface area contributed by atoms with Crippen LogP contribution in [0.15, 0.2) is 78.9 Å². The van der Waals surface area contributed by atoms with Crippen LogP contribution in [-0.4, -0.2) is 60.8 Å². The highest BCUT2D eigenvalue weighted by Gasteiger charge is 2.29. The van der Waals surface area contributed by atoms with E-state index in [0.29, 0.717) is 6.54 Å². The number of hydrogen-bond donors (Lipinski definition) is 3. The number of hydrogen-bond acceptors (Lipinski definition) is 5. The van der Waals surface area contributed by atoms with Gasteiger partial charge in [-0.05, 0) is 34.9 Å². The molecule has 2 amide bonds. The first kappa shape index (κ1) is 24.9. The third-order valence-corrected chi connectivity index (χ3v) is 6.16. The Hall–Kier alpha value is -4.17. The van der Waals surface area contributed by atoms with E-state index in [2.05, 4.69) is 22.8 Å². The van der Waals surface area contributed by atoms with Gasteiger partial charge in [-0.25, -0.2) is 9.59 Å². The molecule has 3 aromatic carbocycles. The molecule has 0 radical (unpaired) electrons. The molecule has 8 heteroatoms. The van der Waals surface area contributed by atoms with Crippen LogP contribution in [0.1, 0.15) is 22.6 Å². The Balaban J connectivity index is 1.25. The van der Waals surface area contributed by atoms with E-state index in [-0.39, 0.29) is 25.6 Å². The quantitative estimate of drug-likeness (QED) is 0.405. The van der Waals surface area contributed by atoms with Crippen molar-refractivity contribution in [3.8, 4) is 11.1 Å². The minimum atomic E-state index is -1.15. The lowest BCUT2D eigenvalue weighted by molar-refractivity contribution is -0.142. The summed E-state index contributed by atoms with van der Waals surface area (Å²) in [6, 6.07) is 24.5. The highest BCUT2D eigenvalue weighted by Crippen LogP contribution is 2.44. The zero-order valence-electron chi connectivity index (χ0n) is 20.0. The van der Waals surface area contributed by atoms with Gasteiger partial charge in [0, 0.05) is 19.0 Å². The maximum Gasteiger partial charge on any atom is 0.407 e. The molecule has 0 aromatic heterocycles. The molecule has 36 heavy (non-hydrogen) atoms. The first-order valence-corrected chi connectivity index (χ1v) is 11.8. The maximum absolute atomic E-state index is 12.3. The third-order valence-electron chi connectivity index (χ3n) is 6.16. The Morgan fingerprint density at radius 1 is 0.917 bits per heavy atom. The van der Waals surface area contributed by atoms with E-state index >= 15 is 0 Å². The Labute approximate surface area is 209 Å². The van der Waals surface area contributed by atoms with Gasteiger partial charge in [0.2, 0.25) is 5.91 Å². The molecule has 0 aliphatic heterocycles. The topological polar surface area (TPSA) is 108 Å². The molecule has 0 heterocycles. The molecule has 3 aromatic rings. The minimum Gasteiger partial charge on any atom is -0.480 e. The van der Waals surface area contributed by atoms with Gasteiger partial charge in [-0.1, -0.05) is 78.9 Å². The van der Waals surface area contributed by atoms with Gasteiger partial charge in [0.15, 0.2) is 0 Å². The van der Waals surface area contributed by atoms with E-state index in [1.165, 1.54) is 0 Å². The van der Waals surface area contributed by atoms with Crippen LogP contribution in [0, 0.1) is 0 Å². The number of aliphatic carboxylic acids is 1. The average molecular weight is 488 g/mol. The van der Waals surface area contributed by atoms with Crippen molar-refractivity contribution in [2.75, 3.05) is 26.7 Å². The zero-order valence-corrected chi connectivity index (χ0v) is 20.0. The first-order valence-electron chi connectivity index (χ1n) is 11.8. The van der Waals surface area contributed by atoms with Crippen molar-refractivity contribution < 1.29 is 24.2 Å². The first-order chi connectivity index (χ1) is 17.4. The second-order valence-electron chi connectivity index (χ2n) is 8.82.